The van der Waals surface area contributed by atoms with Crippen LogP contribution in [0.5, 0.6) is 0 Å². The van der Waals surface area contributed by atoms with Gasteiger partial charge < -0.3 is 14.4 Å². The first-order chi connectivity index (χ1) is 11.1. The largest absolute Gasteiger partial charge is 0.389 e. The lowest BCUT2D eigenvalue weighted by atomic mass is 10.1. The summed E-state index contributed by atoms with van der Waals surface area (Å²) >= 11 is 5.88. The molecule has 0 aliphatic rings. The van der Waals surface area contributed by atoms with E-state index in [9.17, 15) is 5.11 Å². The van der Waals surface area contributed by atoms with E-state index in [1.54, 1.807) is 6.33 Å². The maximum absolute atomic E-state index is 10.2. The molecule has 0 aliphatic heterocycles. The second kappa shape index (κ2) is 7.13. The zero-order chi connectivity index (χ0) is 16.2. The lowest BCUT2D eigenvalue weighted by Gasteiger charge is -2.17. The molecule has 0 bridgehead atoms. The average molecular weight is 331 g/mol. The Morgan fingerprint density at radius 3 is 2.70 bits per heavy atom. The van der Waals surface area contributed by atoms with E-state index in [1.807, 2.05) is 60.0 Å². The fourth-order valence-corrected chi connectivity index (χ4v) is 2.65. The van der Waals surface area contributed by atoms with E-state index in [-0.39, 0.29) is 12.7 Å². The molecule has 0 aliphatic carbocycles. The maximum atomic E-state index is 10.2. The summed E-state index contributed by atoms with van der Waals surface area (Å²) in [6.45, 7) is 2.67. The van der Waals surface area contributed by atoms with Crippen LogP contribution in [0.25, 0.3) is 11.0 Å². The number of nitrogens with zero attached hydrogens (tertiary/aromatic N) is 2. The fourth-order valence-electron chi connectivity index (χ4n) is 2.52. The quantitative estimate of drug-likeness (QED) is 0.747. The molecule has 0 radical (unpaired) electrons. The van der Waals surface area contributed by atoms with Crippen LogP contribution in [0.4, 0.5) is 0 Å². The molecule has 23 heavy (non-hydrogen) atoms. The van der Waals surface area contributed by atoms with Crippen LogP contribution < -0.4 is 0 Å². The molecule has 1 heterocycles. The highest BCUT2D eigenvalue weighted by Gasteiger charge is 2.12. The molecule has 2 atom stereocenters. The molecular formula is C18H19ClN2O2. The number of ether oxygens (including phenoxy) is 1. The Morgan fingerprint density at radius 1 is 1.17 bits per heavy atom. The van der Waals surface area contributed by atoms with Crippen LogP contribution in [0.2, 0.25) is 5.02 Å². The van der Waals surface area contributed by atoms with Gasteiger partial charge in [0.2, 0.25) is 0 Å². The molecule has 3 aromatic rings. The summed E-state index contributed by atoms with van der Waals surface area (Å²) in [4.78, 5) is 4.32. The Bertz CT molecular complexity index is 770. The number of aliphatic hydroxyl groups excluding tert-OH is 1. The lowest BCUT2D eigenvalue weighted by Crippen LogP contribution is -2.22. The number of para-hydroxylation sites is 2. The highest BCUT2D eigenvalue weighted by atomic mass is 35.5. The fraction of sp³-hybridized carbons (Fsp3) is 0.278. The molecule has 5 heteroatoms. The lowest BCUT2D eigenvalue weighted by molar-refractivity contribution is -0.00834. The number of aliphatic hydroxyl groups is 1. The summed E-state index contributed by atoms with van der Waals surface area (Å²) in [5.74, 6) is 0. The molecule has 2 aromatic carbocycles. The molecule has 1 aromatic heterocycles. The number of fused-ring (bicyclic) bond motifs is 1. The van der Waals surface area contributed by atoms with Crippen LogP contribution in [-0.4, -0.2) is 27.4 Å². The van der Waals surface area contributed by atoms with Crippen molar-refractivity contribution in [3.05, 3.63) is 65.4 Å². The van der Waals surface area contributed by atoms with Crippen molar-refractivity contribution in [3.8, 4) is 0 Å². The molecule has 0 fully saturated rings. The van der Waals surface area contributed by atoms with Gasteiger partial charge in [-0.25, -0.2) is 4.98 Å². The number of hydrogen-bond donors (Lipinski definition) is 1. The van der Waals surface area contributed by atoms with Crippen LogP contribution in [0.3, 0.4) is 0 Å². The van der Waals surface area contributed by atoms with Crippen molar-refractivity contribution in [2.24, 2.45) is 0 Å². The van der Waals surface area contributed by atoms with Crippen molar-refractivity contribution in [3.63, 3.8) is 0 Å². The van der Waals surface area contributed by atoms with Gasteiger partial charge in [0.1, 0.15) is 0 Å². The van der Waals surface area contributed by atoms with E-state index in [1.165, 1.54) is 0 Å². The minimum Gasteiger partial charge on any atom is -0.389 e. The molecule has 0 amide bonds. The minimum absolute atomic E-state index is 0.0959. The Labute approximate surface area is 140 Å². The Kier molecular flexibility index (Phi) is 4.96. The zero-order valence-electron chi connectivity index (χ0n) is 12.9. The first-order valence-corrected chi connectivity index (χ1v) is 7.96. The molecule has 0 saturated carbocycles. The topological polar surface area (TPSA) is 47.3 Å². The first kappa shape index (κ1) is 16.0. The third kappa shape index (κ3) is 3.91. The van der Waals surface area contributed by atoms with Crippen molar-refractivity contribution in [1.82, 2.24) is 9.55 Å². The Hall–Kier alpha value is -1.88. The van der Waals surface area contributed by atoms with Crippen LogP contribution in [-0.2, 0) is 11.3 Å². The first-order valence-electron chi connectivity index (χ1n) is 7.58. The van der Waals surface area contributed by atoms with Crippen LogP contribution in [0.15, 0.2) is 54.9 Å². The predicted molar refractivity (Wildman–Crippen MR) is 91.6 cm³/mol. The van der Waals surface area contributed by atoms with Crippen molar-refractivity contribution < 1.29 is 9.84 Å². The minimum atomic E-state index is -0.595. The van der Waals surface area contributed by atoms with Gasteiger partial charge >= 0.3 is 0 Å². The standard InChI is InChI=1S/C18H19ClN2O2/c1-13(14-6-8-15(19)9-7-14)23-11-16(22)10-21-12-20-17-4-2-3-5-18(17)21/h2-9,12-13,16,22H,10-11H2,1H3/t13-,16-/m0/s1. The van der Waals surface area contributed by atoms with Crippen LogP contribution >= 0.6 is 11.6 Å². The summed E-state index contributed by atoms with van der Waals surface area (Å²) in [5, 5.41) is 10.9. The number of imidazole rings is 1. The molecule has 1 N–H and O–H groups in total. The van der Waals surface area contributed by atoms with Crippen molar-refractivity contribution >= 4 is 22.6 Å². The summed E-state index contributed by atoms with van der Waals surface area (Å²) in [5.41, 5.74) is 2.97. The molecule has 0 saturated heterocycles. The SMILES string of the molecule is C[C@H](OC[C@@H](O)Cn1cnc2ccccc21)c1ccc(Cl)cc1. The van der Waals surface area contributed by atoms with E-state index in [0.717, 1.165) is 16.6 Å². The predicted octanol–water partition coefficient (Wildman–Crippen LogP) is 3.83. The maximum Gasteiger partial charge on any atom is 0.0959 e. The number of halogens is 1. The Balaban J connectivity index is 1.57. The normalized spacial score (nSPS) is 14.0. The van der Waals surface area contributed by atoms with Crippen molar-refractivity contribution in [2.45, 2.75) is 25.7 Å². The molecule has 120 valence electrons. The van der Waals surface area contributed by atoms with Gasteiger partial charge in [0.05, 0.1) is 42.7 Å². The van der Waals surface area contributed by atoms with Gasteiger partial charge in [0, 0.05) is 5.02 Å². The molecule has 4 nitrogen and oxygen atoms in total. The number of benzene rings is 2. The van der Waals surface area contributed by atoms with Gasteiger partial charge in [-0.15, -0.1) is 0 Å². The summed E-state index contributed by atoms with van der Waals surface area (Å²) in [6, 6.07) is 15.4. The highest BCUT2D eigenvalue weighted by Crippen LogP contribution is 2.19. The second-order valence-electron chi connectivity index (χ2n) is 5.57. The third-order valence-corrected chi connectivity index (χ3v) is 4.06. The summed E-state index contributed by atoms with van der Waals surface area (Å²) in [7, 11) is 0. The van der Waals surface area contributed by atoms with Crippen LogP contribution in [0, 0.1) is 0 Å². The van der Waals surface area contributed by atoms with Gasteiger partial charge in [0.25, 0.3) is 0 Å². The monoisotopic (exact) mass is 330 g/mol. The Morgan fingerprint density at radius 2 is 1.91 bits per heavy atom. The van der Waals surface area contributed by atoms with Crippen molar-refractivity contribution in [1.29, 1.82) is 0 Å². The average Bonchev–Trinajstić information content (AvgIpc) is 2.96. The second-order valence-corrected chi connectivity index (χ2v) is 6.00. The van der Waals surface area contributed by atoms with E-state index >= 15 is 0 Å². The highest BCUT2D eigenvalue weighted by molar-refractivity contribution is 6.30. The van der Waals surface area contributed by atoms with Gasteiger partial charge in [-0.3, -0.25) is 0 Å². The van der Waals surface area contributed by atoms with Gasteiger partial charge in [-0.2, -0.15) is 0 Å². The van der Waals surface area contributed by atoms with E-state index < -0.39 is 6.10 Å². The van der Waals surface area contributed by atoms with E-state index in [0.29, 0.717) is 11.6 Å². The number of rotatable bonds is 6. The van der Waals surface area contributed by atoms with E-state index in [4.69, 9.17) is 16.3 Å². The van der Waals surface area contributed by atoms with Gasteiger partial charge in [-0.05, 0) is 36.8 Å². The van der Waals surface area contributed by atoms with Gasteiger partial charge in [-0.1, -0.05) is 35.9 Å². The molecule has 0 unspecified atom stereocenters. The molecule has 0 spiro atoms. The summed E-state index contributed by atoms with van der Waals surface area (Å²) in [6.07, 6.45) is 1.06. The number of aromatic nitrogens is 2. The zero-order valence-corrected chi connectivity index (χ0v) is 13.6. The third-order valence-electron chi connectivity index (χ3n) is 3.81. The molecular weight excluding hydrogens is 312 g/mol. The number of hydrogen-bond acceptors (Lipinski definition) is 3. The molecule has 3 rings (SSSR count). The van der Waals surface area contributed by atoms with E-state index in [2.05, 4.69) is 4.98 Å². The summed E-state index contributed by atoms with van der Waals surface area (Å²) < 4.78 is 7.70. The van der Waals surface area contributed by atoms with Crippen LogP contribution in [0.1, 0.15) is 18.6 Å². The van der Waals surface area contributed by atoms with Crippen molar-refractivity contribution in [2.75, 3.05) is 6.61 Å². The smallest absolute Gasteiger partial charge is 0.0959 e. The van der Waals surface area contributed by atoms with Gasteiger partial charge in [0.15, 0.2) is 0 Å².